The van der Waals surface area contributed by atoms with E-state index in [4.69, 9.17) is 0 Å². The molecule has 0 radical (unpaired) electrons. The highest BCUT2D eigenvalue weighted by Gasteiger charge is 2.18. The van der Waals surface area contributed by atoms with Gasteiger partial charge in [0.15, 0.2) is 0 Å². The van der Waals surface area contributed by atoms with Crippen molar-refractivity contribution in [2.75, 3.05) is 0 Å². The fourth-order valence-corrected chi connectivity index (χ4v) is 3.21. The van der Waals surface area contributed by atoms with Crippen molar-refractivity contribution in [3.05, 3.63) is 58.9 Å². The largest absolute Gasteiger partial charge is 0.349 e. The second kappa shape index (κ2) is 6.95. The summed E-state index contributed by atoms with van der Waals surface area (Å²) in [5.41, 5.74) is 2.84. The van der Waals surface area contributed by atoms with Crippen molar-refractivity contribution in [3.8, 4) is 11.1 Å². The zero-order valence-electron chi connectivity index (χ0n) is 13.6. The highest BCUT2D eigenvalue weighted by atomic mass is 19.1. The van der Waals surface area contributed by atoms with E-state index in [1.165, 1.54) is 18.9 Å². The molecule has 0 heterocycles. The van der Waals surface area contributed by atoms with E-state index in [-0.39, 0.29) is 11.9 Å². The topological polar surface area (TPSA) is 46.2 Å². The number of hydrogen-bond acceptors (Lipinski definition) is 2. The third kappa shape index (κ3) is 3.37. The highest BCUT2D eigenvalue weighted by Crippen LogP contribution is 2.27. The Bertz CT molecular complexity index is 762. The molecule has 0 aromatic heterocycles. The minimum Gasteiger partial charge on any atom is -0.349 e. The van der Waals surface area contributed by atoms with Gasteiger partial charge in [-0.25, -0.2) is 4.39 Å². The van der Waals surface area contributed by atoms with E-state index < -0.39 is 5.82 Å². The smallest absolute Gasteiger partial charge is 0.251 e. The van der Waals surface area contributed by atoms with E-state index in [1.54, 1.807) is 37.3 Å². The normalized spacial score (nSPS) is 14.6. The predicted molar refractivity (Wildman–Crippen MR) is 91.7 cm³/mol. The van der Waals surface area contributed by atoms with Crippen LogP contribution in [0.4, 0.5) is 4.39 Å². The summed E-state index contributed by atoms with van der Waals surface area (Å²) in [6.07, 6.45) is 5.06. The molecular formula is C20H20FNO2. The molecule has 2 aromatic carbocycles. The second-order valence-corrected chi connectivity index (χ2v) is 6.33. The number of nitrogens with one attached hydrogen (secondary N) is 1. The van der Waals surface area contributed by atoms with E-state index in [2.05, 4.69) is 5.32 Å². The van der Waals surface area contributed by atoms with Gasteiger partial charge in [-0.2, -0.15) is 0 Å². The van der Waals surface area contributed by atoms with Gasteiger partial charge < -0.3 is 5.32 Å². The molecule has 0 bridgehead atoms. The molecule has 0 unspecified atom stereocenters. The van der Waals surface area contributed by atoms with E-state index in [9.17, 15) is 14.0 Å². The van der Waals surface area contributed by atoms with Crippen LogP contribution in [0.2, 0.25) is 0 Å². The molecule has 0 aliphatic heterocycles. The molecule has 1 amide bonds. The molecule has 0 spiro atoms. The molecule has 3 nitrogen and oxygen atoms in total. The van der Waals surface area contributed by atoms with Crippen molar-refractivity contribution in [2.24, 2.45) is 0 Å². The Morgan fingerprint density at radius 2 is 1.83 bits per heavy atom. The van der Waals surface area contributed by atoms with Crippen molar-refractivity contribution in [1.29, 1.82) is 0 Å². The van der Waals surface area contributed by atoms with Gasteiger partial charge in [-0.15, -0.1) is 0 Å². The second-order valence-electron chi connectivity index (χ2n) is 6.33. The van der Waals surface area contributed by atoms with Gasteiger partial charge in [0.25, 0.3) is 5.91 Å². The first kappa shape index (κ1) is 16.4. The molecule has 2 aromatic rings. The average molecular weight is 325 g/mol. The van der Waals surface area contributed by atoms with Crippen molar-refractivity contribution in [1.82, 2.24) is 5.32 Å². The summed E-state index contributed by atoms with van der Waals surface area (Å²) in [6.45, 7) is 1.68. The number of rotatable bonds is 4. The van der Waals surface area contributed by atoms with Crippen LogP contribution in [0.1, 0.15) is 52.0 Å². The fourth-order valence-electron chi connectivity index (χ4n) is 3.21. The van der Waals surface area contributed by atoms with Gasteiger partial charge >= 0.3 is 0 Å². The maximum atomic E-state index is 13.9. The van der Waals surface area contributed by atoms with Crippen LogP contribution < -0.4 is 5.32 Å². The summed E-state index contributed by atoms with van der Waals surface area (Å²) in [5.74, 6) is -0.476. The van der Waals surface area contributed by atoms with Crippen molar-refractivity contribution < 1.29 is 14.0 Å². The monoisotopic (exact) mass is 325 g/mol. The minimum atomic E-state index is -0.405. The van der Waals surface area contributed by atoms with E-state index in [0.29, 0.717) is 28.5 Å². The number of halogens is 1. The Kier molecular flexibility index (Phi) is 4.74. The quantitative estimate of drug-likeness (QED) is 0.853. The van der Waals surface area contributed by atoms with E-state index in [0.717, 1.165) is 18.4 Å². The lowest BCUT2D eigenvalue weighted by Crippen LogP contribution is -2.32. The molecular weight excluding hydrogens is 305 g/mol. The lowest BCUT2D eigenvalue weighted by molar-refractivity contribution is 0.0937. The van der Waals surface area contributed by atoms with E-state index >= 15 is 0 Å². The van der Waals surface area contributed by atoms with Crippen molar-refractivity contribution >= 4 is 12.2 Å². The fraction of sp³-hybridized carbons (Fsp3) is 0.300. The number of carbonyl (C=O) groups is 2. The summed E-state index contributed by atoms with van der Waals surface area (Å²) in [4.78, 5) is 23.2. The summed E-state index contributed by atoms with van der Waals surface area (Å²) in [5, 5.41) is 3.05. The molecule has 3 rings (SSSR count). The van der Waals surface area contributed by atoms with Crippen LogP contribution in [0, 0.1) is 12.7 Å². The molecule has 1 aliphatic carbocycles. The maximum absolute atomic E-state index is 13.9. The first-order valence-electron chi connectivity index (χ1n) is 8.25. The first-order valence-corrected chi connectivity index (χ1v) is 8.25. The van der Waals surface area contributed by atoms with Crippen LogP contribution in [0.3, 0.4) is 0 Å². The number of benzene rings is 2. The molecule has 1 aliphatic rings. The van der Waals surface area contributed by atoms with Crippen LogP contribution in [0.15, 0.2) is 36.4 Å². The Balaban J connectivity index is 1.83. The van der Waals surface area contributed by atoms with Crippen LogP contribution in [0.25, 0.3) is 11.1 Å². The van der Waals surface area contributed by atoms with Gasteiger partial charge in [-0.1, -0.05) is 25.0 Å². The molecule has 1 fully saturated rings. The molecule has 0 saturated heterocycles. The van der Waals surface area contributed by atoms with Crippen LogP contribution in [-0.2, 0) is 0 Å². The van der Waals surface area contributed by atoms with Crippen molar-refractivity contribution in [2.45, 2.75) is 38.6 Å². The first-order chi connectivity index (χ1) is 11.6. The maximum Gasteiger partial charge on any atom is 0.251 e. The van der Waals surface area contributed by atoms with Gasteiger partial charge in [0.05, 0.1) is 0 Å². The van der Waals surface area contributed by atoms with E-state index in [1.807, 2.05) is 0 Å². The summed E-state index contributed by atoms with van der Waals surface area (Å²) in [7, 11) is 0. The van der Waals surface area contributed by atoms with Gasteiger partial charge in [0.2, 0.25) is 0 Å². The SMILES string of the molecule is Cc1c(F)cc(C=O)cc1-c1ccc(C(=O)NC2CCCC2)cc1. The molecule has 1 saturated carbocycles. The Morgan fingerprint density at radius 3 is 2.46 bits per heavy atom. The third-order valence-corrected chi connectivity index (χ3v) is 4.65. The standard InChI is InChI=1S/C20H20FNO2/c1-13-18(10-14(12-23)11-19(13)21)15-6-8-16(9-7-15)20(24)22-17-4-2-3-5-17/h6-12,17H,2-5H2,1H3,(H,22,24). The summed E-state index contributed by atoms with van der Waals surface area (Å²) < 4.78 is 13.9. The number of amides is 1. The Hall–Kier alpha value is -2.49. The van der Waals surface area contributed by atoms with Gasteiger partial charge in [0, 0.05) is 17.2 Å². The molecule has 4 heteroatoms. The minimum absolute atomic E-state index is 0.0713. The zero-order chi connectivity index (χ0) is 17.1. The van der Waals surface area contributed by atoms with Crippen LogP contribution in [0.5, 0.6) is 0 Å². The van der Waals surface area contributed by atoms with Crippen LogP contribution >= 0.6 is 0 Å². The number of carbonyl (C=O) groups excluding carboxylic acids is 2. The zero-order valence-corrected chi connectivity index (χ0v) is 13.6. The molecule has 1 N–H and O–H groups in total. The third-order valence-electron chi connectivity index (χ3n) is 4.65. The van der Waals surface area contributed by atoms with Gasteiger partial charge in [-0.3, -0.25) is 9.59 Å². The Labute approximate surface area is 140 Å². The number of hydrogen-bond donors (Lipinski definition) is 1. The molecule has 0 atom stereocenters. The van der Waals surface area contributed by atoms with Crippen LogP contribution in [-0.4, -0.2) is 18.2 Å². The lowest BCUT2D eigenvalue weighted by atomic mass is 9.97. The molecule has 124 valence electrons. The van der Waals surface area contributed by atoms with Gasteiger partial charge in [0.1, 0.15) is 12.1 Å². The highest BCUT2D eigenvalue weighted by molar-refractivity contribution is 5.95. The summed E-state index contributed by atoms with van der Waals surface area (Å²) >= 11 is 0. The number of aldehydes is 1. The predicted octanol–water partition coefficient (Wildman–Crippen LogP) is 4.29. The van der Waals surface area contributed by atoms with Crippen molar-refractivity contribution in [3.63, 3.8) is 0 Å². The lowest BCUT2D eigenvalue weighted by Gasteiger charge is -2.13. The van der Waals surface area contributed by atoms with Gasteiger partial charge in [-0.05, 0) is 60.7 Å². The molecule has 24 heavy (non-hydrogen) atoms. The average Bonchev–Trinajstić information content (AvgIpc) is 3.10. The Morgan fingerprint density at radius 1 is 1.17 bits per heavy atom. The summed E-state index contributed by atoms with van der Waals surface area (Å²) in [6, 6.07) is 10.2.